The van der Waals surface area contributed by atoms with E-state index in [0.717, 1.165) is 0 Å². The summed E-state index contributed by atoms with van der Waals surface area (Å²) in [5.74, 6) is -5.08. The van der Waals surface area contributed by atoms with Crippen molar-refractivity contribution in [3.8, 4) is 0 Å². The van der Waals surface area contributed by atoms with Crippen LogP contribution in [0.5, 0.6) is 0 Å². The Balaban J connectivity index is 2.89. The molecule has 0 aromatic heterocycles. The summed E-state index contributed by atoms with van der Waals surface area (Å²) in [6.45, 7) is 7.94. The third-order valence-corrected chi connectivity index (χ3v) is 7.27. The lowest BCUT2D eigenvalue weighted by Crippen LogP contribution is -2.68. The number of carbonyl (C=O) groups excluding carboxylic acids is 2. The van der Waals surface area contributed by atoms with Crippen LogP contribution in [0.25, 0.3) is 0 Å². The number of carboxylic acid groups (broad SMARTS) is 1. The van der Waals surface area contributed by atoms with Gasteiger partial charge in [-0.15, -0.1) is 0 Å². The number of amides is 1. The SMILES string of the molecule is COCCOCCOC(=O)CCC(=O)NC1C(O)CC(OCCC(C)(C)C(C)C)(C(=O)O)OC1C(O)C(O)CO. The smallest absolute Gasteiger partial charge is 0.364 e. The second-order valence-corrected chi connectivity index (χ2v) is 10.8. The van der Waals surface area contributed by atoms with Gasteiger partial charge in [0.25, 0.3) is 5.79 Å². The molecule has 0 spiro atoms. The van der Waals surface area contributed by atoms with Gasteiger partial charge in [-0.3, -0.25) is 9.59 Å². The van der Waals surface area contributed by atoms with E-state index < -0.39 is 67.1 Å². The fourth-order valence-electron chi connectivity index (χ4n) is 3.81. The zero-order valence-electron chi connectivity index (χ0n) is 24.0. The Morgan fingerprint density at radius 2 is 1.73 bits per heavy atom. The van der Waals surface area contributed by atoms with Crippen LogP contribution in [0, 0.1) is 11.3 Å². The molecule has 0 radical (unpaired) electrons. The average Bonchev–Trinajstić information content (AvgIpc) is 2.89. The van der Waals surface area contributed by atoms with Crippen molar-refractivity contribution in [3.63, 3.8) is 0 Å². The van der Waals surface area contributed by atoms with Crippen LogP contribution in [0.1, 0.15) is 53.4 Å². The van der Waals surface area contributed by atoms with Gasteiger partial charge in [-0.2, -0.15) is 0 Å². The summed E-state index contributed by atoms with van der Waals surface area (Å²) in [5.41, 5.74) is -0.201. The Morgan fingerprint density at radius 1 is 1.07 bits per heavy atom. The Kier molecular flexibility index (Phi) is 15.5. The van der Waals surface area contributed by atoms with Gasteiger partial charge in [0.15, 0.2) is 0 Å². The maximum absolute atomic E-state index is 12.6. The van der Waals surface area contributed by atoms with Crippen molar-refractivity contribution < 1.29 is 63.6 Å². The zero-order chi connectivity index (χ0) is 30.5. The number of nitrogens with one attached hydrogen (secondary N) is 1. The van der Waals surface area contributed by atoms with Gasteiger partial charge < -0.3 is 54.5 Å². The molecule has 0 aromatic rings. The molecule has 1 rings (SSSR count). The molecule has 1 aliphatic rings. The minimum Gasteiger partial charge on any atom is -0.477 e. The molecule has 1 fully saturated rings. The van der Waals surface area contributed by atoms with Crippen molar-refractivity contribution in [1.82, 2.24) is 5.32 Å². The van der Waals surface area contributed by atoms with E-state index in [1.807, 2.05) is 27.7 Å². The van der Waals surface area contributed by atoms with Crippen molar-refractivity contribution in [3.05, 3.63) is 0 Å². The lowest BCUT2D eigenvalue weighted by molar-refractivity contribution is -0.312. The van der Waals surface area contributed by atoms with E-state index in [1.54, 1.807) is 0 Å². The van der Waals surface area contributed by atoms with E-state index in [1.165, 1.54) is 7.11 Å². The number of aliphatic hydroxyl groups excluding tert-OH is 4. The molecule has 1 aliphatic heterocycles. The third kappa shape index (κ3) is 11.2. The summed E-state index contributed by atoms with van der Waals surface area (Å²) < 4.78 is 26.3. The summed E-state index contributed by atoms with van der Waals surface area (Å²) >= 11 is 0. The van der Waals surface area contributed by atoms with Gasteiger partial charge in [-0.05, 0) is 17.8 Å². The summed E-state index contributed by atoms with van der Waals surface area (Å²) in [6, 6.07) is -1.39. The van der Waals surface area contributed by atoms with Crippen LogP contribution in [0.2, 0.25) is 0 Å². The predicted molar refractivity (Wildman–Crippen MR) is 139 cm³/mol. The number of ether oxygens (including phenoxy) is 5. The quantitative estimate of drug-likeness (QED) is 0.0815. The van der Waals surface area contributed by atoms with E-state index in [0.29, 0.717) is 19.6 Å². The molecule has 1 saturated heterocycles. The number of hydrogen-bond acceptors (Lipinski definition) is 12. The second-order valence-electron chi connectivity index (χ2n) is 10.8. The first-order valence-corrected chi connectivity index (χ1v) is 13.4. The Hall–Kier alpha value is -1.91. The second kappa shape index (κ2) is 17.1. The van der Waals surface area contributed by atoms with Crippen LogP contribution >= 0.6 is 0 Å². The number of aliphatic carboxylic acids is 1. The largest absolute Gasteiger partial charge is 0.477 e. The number of carboxylic acids is 1. The highest BCUT2D eigenvalue weighted by atomic mass is 16.7. The van der Waals surface area contributed by atoms with Crippen LogP contribution < -0.4 is 5.32 Å². The van der Waals surface area contributed by atoms with E-state index in [2.05, 4.69) is 5.32 Å². The Morgan fingerprint density at radius 3 is 2.30 bits per heavy atom. The molecule has 6 atom stereocenters. The topological polar surface area (TPSA) is 211 Å². The first-order valence-electron chi connectivity index (χ1n) is 13.4. The maximum Gasteiger partial charge on any atom is 0.364 e. The van der Waals surface area contributed by atoms with Gasteiger partial charge in [-0.25, -0.2) is 4.79 Å². The van der Waals surface area contributed by atoms with Gasteiger partial charge in [0, 0.05) is 20.0 Å². The summed E-state index contributed by atoms with van der Waals surface area (Å²) in [6.07, 6.45) is -7.73. The van der Waals surface area contributed by atoms with Crippen molar-refractivity contribution in [2.24, 2.45) is 11.3 Å². The number of carbonyl (C=O) groups is 3. The van der Waals surface area contributed by atoms with Gasteiger partial charge in [0.05, 0.1) is 51.6 Å². The predicted octanol–water partition coefficient (Wildman–Crippen LogP) is -0.809. The van der Waals surface area contributed by atoms with E-state index in [4.69, 9.17) is 23.7 Å². The molecule has 6 unspecified atom stereocenters. The van der Waals surface area contributed by atoms with Crippen molar-refractivity contribution in [2.75, 3.05) is 46.8 Å². The normalized spacial score (nSPS) is 24.9. The van der Waals surface area contributed by atoms with E-state index in [9.17, 15) is 39.9 Å². The van der Waals surface area contributed by atoms with Crippen molar-refractivity contribution >= 4 is 17.8 Å². The molecule has 14 heteroatoms. The first-order chi connectivity index (χ1) is 18.7. The summed E-state index contributed by atoms with van der Waals surface area (Å²) in [7, 11) is 1.52. The van der Waals surface area contributed by atoms with Gasteiger partial charge in [-0.1, -0.05) is 27.7 Å². The molecular weight excluding hydrogens is 534 g/mol. The standard InChI is InChI=1S/C26H47NO13/c1-16(2)25(3,4)8-9-39-26(24(34)35)14-17(29)21(23(40-26)22(33)18(30)15-28)27-19(31)6-7-20(32)38-13-12-37-11-10-36-5/h16-18,21-23,28-30,33H,6-15H2,1-5H3,(H,27,31)(H,34,35). The molecule has 234 valence electrons. The van der Waals surface area contributed by atoms with E-state index >= 15 is 0 Å². The minimum atomic E-state index is -2.39. The lowest BCUT2D eigenvalue weighted by Gasteiger charge is -2.46. The molecule has 0 aromatic carbocycles. The van der Waals surface area contributed by atoms with Crippen LogP contribution in [0.4, 0.5) is 0 Å². The minimum absolute atomic E-state index is 0.0156. The molecule has 40 heavy (non-hydrogen) atoms. The number of methoxy groups -OCH3 is 1. The third-order valence-electron chi connectivity index (χ3n) is 7.27. The molecule has 0 bridgehead atoms. The number of aliphatic hydroxyl groups is 4. The van der Waals surface area contributed by atoms with E-state index in [-0.39, 0.29) is 44.0 Å². The van der Waals surface area contributed by atoms with Gasteiger partial charge in [0.1, 0.15) is 24.9 Å². The average molecular weight is 582 g/mol. The van der Waals surface area contributed by atoms with Crippen molar-refractivity contribution in [1.29, 1.82) is 0 Å². The number of hydrogen-bond donors (Lipinski definition) is 6. The van der Waals surface area contributed by atoms with Crippen molar-refractivity contribution in [2.45, 2.75) is 89.6 Å². The number of rotatable bonds is 19. The van der Waals surface area contributed by atoms with Gasteiger partial charge >= 0.3 is 11.9 Å². The zero-order valence-corrected chi connectivity index (χ0v) is 24.0. The Labute approximate surface area is 234 Å². The highest BCUT2D eigenvalue weighted by Gasteiger charge is 2.55. The molecular formula is C26H47NO13. The molecule has 1 amide bonds. The highest BCUT2D eigenvalue weighted by molar-refractivity contribution is 5.81. The fourth-order valence-corrected chi connectivity index (χ4v) is 3.81. The van der Waals surface area contributed by atoms with Crippen LogP contribution in [0.3, 0.4) is 0 Å². The lowest BCUT2D eigenvalue weighted by atomic mass is 9.78. The Bertz CT molecular complexity index is 793. The molecule has 0 aliphatic carbocycles. The molecule has 6 N–H and O–H groups in total. The number of esters is 1. The molecule has 0 saturated carbocycles. The van der Waals surface area contributed by atoms with Crippen LogP contribution in [-0.2, 0) is 38.1 Å². The fraction of sp³-hybridized carbons (Fsp3) is 0.885. The molecule has 1 heterocycles. The van der Waals surface area contributed by atoms with Crippen LogP contribution in [0.15, 0.2) is 0 Å². The monoisotopic (exact) mass is 581 g/mol. The highest BCUT2D eigenvalue weighted by Crippen LogP contribution is 2.36. The summed E-state index contributed by atoms with van der Waals surface area (Å²) in [4.78, 5) is 36.8. The maximum atomic E-state index is 12.6. The van der Waals surface area contributed by atoms with Gasteiger partial charge in [0.2, 0.25) is 5.91 Å². The van der Waals surface area contributed by atoms with Crippen LogP contribution in [-0.4, -0.2) is 126 Å². The first kappa shape index (κ1) is 36.1. The molecule has 14 nitrogen and oxygen atoms in total. The summed E-state index contributed by atoms with van der Waals surface area (Å²) in [5, 5.41) is 53.3.